The van der Waals surface area contributed by atoms with Gasteiger partial charge in [0.1, 0.15) is 11.5 Å². The van der Waals surface area contributed by atoms with Crippen LogP contribution < -0.4 is 5.32 Å². The van der Waals surface area contributed by atoms with Crippen molar-refractivity contribution in [2.75, 3.05) is 26.8 Å². The summed E-state index contributed by atoms with van der Waals surface area (Å²) in [5, 5.41) is 7.14. The number of hydrogen-bond acceptors (Lipinski definition) is 5. The first-order valence-electron chi connectivity index (χ1n) is 6.12. The lowest BCUT2D eigenvalue weighted by Crippen LogP contribution is -2.44. The zero-order valence-corrected chi connectivity index (χ0v) is 12.0. The van der Waals surface area contributed by atoms with Crippen LogP contribution in [0.5, 0.6) is 0 Å². The fourth-order valence-electron chi connectivity index (χ4n) is 1.94. The molecule has 0 spiro atoms. The van der Waals surface area contributed by atoms with Gasteiger partial charge in [-0.25, -0.2) is 0 Å². The molecule has 1 unspecified atom stereocenters. The summed E-state index contributed by atoms with van der Waals surface area (Å²) >= 11 is 0. The quantitative estimate of drug-likeness (QED) is 0.885. The Morgan fingerprint density at radius 2 is 2.42 bits per heavy atom. The van der Waals surface area contributed by atoms with Crippen molar-refractivity contribution in [2.45, 2.75) is 25.9 Å². The molecule has 0 saturated carbocycles. The van der Waals surface area contributed by atoms with Crippen molar-refractivity contribution in [3.8, 4) is 0 Å². The minimum absolute atomic E-state index is 0. The molecule has 0 aliphatic carbocycles. The highest BCUT2D eigenvalue weighted by molar-refractivity contribution is 5.85. The zero-order chi connectivity index (χ0) is 13.0. The second-order valence-electron chi connectivity index (χ2n) is 4.61. The summed E-state index contributed by atoms with van der Waals surface area (Å²) in [6.07, 6.45) is 0.452. The van der Waals surface area contributed by atoms with Gasteiger partial charge in [0.2, 0.25) is 5.91 Å². The van der Waals surface area contributed by atoms with Crippen molar-refractivity contribution in [1.82, 2.24) is 15.4 Å². The predicted octanol–water partition coefficient (Wildman–Crippen LogP) is 0.742. The maximum Gasteiger partial charge on any atom is 0.224 e. The number of carbonyl (C=O) groups excluding carboxylic acids is 1. The Bertz CT molecular complexity index is 405. The van der Waals surface area contributed by atoms with E-state index in [9.17, 15) is 4.79 Å². The highest BCUT2D eigenvalue weighted by atomic mass is 35.5. The maximum absolute atomic E-state index is 12.0. The van der Waals surface area contributed by atoms with Crippen LogP contribution in [0, 0.1) is 6.92 Å². The van der Waals surface area contributed by atoms with E-state index in [1.54, 1.807) is 11.9 Å². The van der Waals surface area contributed by atoms with Gasteiger partial charge in [-0.15, -0.1) is 12.4 Å². The number of carbonyl (C=O) groups is 1. The number of aromatic nitrogens is 1. The number of hydrogen-bond donors (Lipinski definition) is 1. The Morgan fingerprint density at radius 3 is 3.00 bits per heavy atom. The topological polar surface area (TPSA) is 67.6 Å². The summed E-state index contributed by atoms with van der Waals surface area (Å²) < 4.78 is 10.3. The summed E-state index contributed by atoms with van der Waals surface area (Å²) in [6, 6.07) is 1.96. The molecule has 0 aromatic carbocycles. The first kappa shape index (κ1) is 15.9. The van der Waals surface area contributed by atoms with Crippen LogP contribution >= 0.6 is 12.4 Å². The Hall–Kier alpha value is -1.11. The monoisotopic (exact) mass is 289 g/mol. The molecule has 19 heavy (non-hydrogen) atoms. The van der Waals surface area contributed by atoms with E-state index in [0.29, 0.717) is 19.6 Å². The van der Waals surface area contributed by atoms with E-state index in [0.717, 1.165) is 24.6 Å². The fourth-order valence-corrected chi connectivity index (χ4v) is 1.94. The average molecular weight is 290 g/mol. The lowest BCUT2D eigenvalue weighted by molar-refractivity contribution is -0.131. The molecule has 0 radical (unpaired) electrons. The van der Waals surface area contributed by atoms with E-state index in [1.807, 2.05) is 13.0 Å². The van der Waals surface area contributed by atoms with E-state index in [2.05, 4.69) is 10.5 Å². The average Bonchev–Trinajstić information content (AvgIpc) is 2.76. The van der Waals surface area contributed by atoms with E-state index >= 15 is 0 Å². The molecule has 0 bridgehead atoms. The van der Waals surface area contributed by atoms with Crippen LogP contribution in [-0.2, 0) is 16.1 Å². The van der Waals surface area contributed by atoms with Crippen molar-refractivity contribution in [3.05, 3.63) is 17.5 Å². The van der Waals surface area contributed by atoms with Gasteiger partial charge in [-0.2, -0.15) is 0 Å². The first-order chi connectivity index (χ1) is 8.65. The van der Waals surface area contributed by atoms with Gasteiger partial charge in [0, 0.05) is 32.1 Å². The van der Waals surface area contributed by atoms with Crippen molar-refractivity contribution >= 4 is 18.3 Å². The minimum atomic E-state index is 0. The van der Waals surface area contributed by atoms with Crippen LogP contribution in [0.15, 0.2) is 10.6 Å². The third kappa shape index (κ3) is 4.81. The summed E-state index contributed by atoms with van der Waals surface area (Å²) in [7, 11) is 1.77. The molecule has 1 fully saturated rings. The van der Waals surface area contributed by atoms with Crippen LogP contribution in [0.4, 0.5) is 0 Å². The molecule has 108 valence electrons. The third-order valence-corrected chi connectivity index (χ3v) is 2.92. The van der Waals surface area contributed by atoms with E-state index in [4.69, 9.17) is 9.26 Å². The number of nitrogens with zero attached hydrogens (tertiary/aromatic N) is 2. The van der Waals surface area contributed by atoms with Gasteiger partial charge < -0.3 is 19.5 Å². The van der Waals surface area contributed by atoms with Gasteiger partial charge in [0.15, 0.2) is 0 Å². The van der Waals surface area contributed by atoms with Gasteiger partial charge in [0.05, 0.1) is 19.8 Å². The molecule has 1 saturated heterocycles. The van der Waals surface area contributed by atoms with Crippen molar-refractivity contribution in [2.24, 2.45) is 0 Å². The third-order valence-electron chi connectivity index (χ3n) is 2.92. The standard InChI is InChI=1S/C12H19N3O3.ClH/c1-9-5-10(14-18-9)7-15(2)12(16)6-11-8-17-4-3-13-11;/h5,11,13H,3-4,6-8H2,1-2H3;1H. The summed E-state index contributed by atoms with van der Waals surface area (Å²) in [6.45, 7) is 4.44. The van der Waals surface area contributed by atoms with Gasteiger partial charge >= 0.3 is 0 Å². The molecule has 1 aliphatic heterocycles. The molecule has 1 N–H and O–H groups in total. The molecule has 1 aliphatic rings. The fraction of sp³-hybridized carbons (Fsp3) is 0.667. The molecule has 7 heteroatoms. The van der Waals surface area contributed by atoms with Crippen LogP contribution in [-0.4, -0.2) is 48.8 Å². The number of rotatable bonds is 4. The molecule has 6 nitrogen and oxygen atoms in total. The van der Waals surface area contributed by atoms with Crippen LogP contribution in [0.25, 0.3) is 0 Å². The number of morpholine rings is 1. The Kier molecular flexibility index (Phi) is 6.27. The van der Waals surface area contributed by atoms with Crippen molar-refractivity contribution in [3.63, 3.8) is 0 Å². The van der Waals surface area contributed by atoms with Crippen LogP contribution in [0.1, 0.15) is 17.9 Å². The largest absolute Gasteiger partial charge is 0.378 e. The van der Waals surface area contributed by atoms with Crippen molar-refractivity contribution in [1.29, 1.82) is 0 Å². The molecule has 2 rings (SSSR count). The Morgan fingerprint density at radius 1 is 1.63 bits per heavy atom. The summed E-state index contributed by atoms with van der Waals surface area (Å²) in [5.74, 6) is 0.840. The number of amides is 1. The number of halogens is 1. The highest BCUT2D eigenvalue weighted by Crippen LogP contribution is 2.07. The molecule has 2 heterocycles. The van der Waals surface area contributed by atoms with Crippen LogP contribution in [0.2, 0.25) is 0 Å². The maximum atomic E-state index is 12.0. The normalized spacial score (nSPS) is 18.7. The van der Waals surface area contributed by atoms with Gasteiger partial charge in [-0.3, -0.25) is 4.79 Å². The lowest BCUT2D eigenvalue weighted by atomic mass is 10.2. The lowest BCUT2D eigenvalue weighted by Gasteiger charge is -2.25. The van der Waals surface area contributed by atoms with Crippen LogP contribution in [0.3, 0.4) is 0 Å². The highest BCUT2D eigenvalue weighted by Gasteiger charge is 2.19. The predicted molar refractivity (Wildman–Crippen MR) is 72.2 cm³/mol. The molecular weight excluding hydrogens is 270 g/mol. The second kappa shape index (κ2) is 7.47. The Balaban J connectivity index is 0.00000180. The minimum Gasteiger partial charge on any atom is -0.378 e. The smallest absolute Gasteiger partial charge is 0.224 e. The van der Waals surface area contributed by atoms with Crippen molar-refractivity contribution < 1.29 is 14.1 Å². The van der Waals surface area contributed by atoms with Gasteiger partial charge in [0.25, 0.3) is 0 Å². The molecule has 1 aromatic rings. The van der Waals surface area contributed by atoms with Gasteiger partial charge in [-0.1, -0.05) is 5.16 Å². The van der Waals surface area contributed by atoms with E-state index in [1.165, 1.54) is 0 Å². The SMILES string of the molecule is Cc1cc(CN(C)C(=O)CC2COCCN2)no1.Cl. The van der Waals surface area contributed by atoms with Gasteiger partial charge in [-0.05, 0) is 6.92 Å². The molecular formula is C12H20ClN3O3. The number of ether oxygens (including phenoxy) is 1. The van der Waals surface area contributed by atoms with E-state index in [-0.39, 0.29) is 24.4 Å². The Labute approximate surface area is 118 Å². The zero-order valence-electron chi connectivity index (χ0n) is 11.2. The first-order valence-corrected chi connectivity index (χ1v) is 6.12. The number of aryl methyl sites for hydroxylation is 1. The summed E-state index contributed by atoms with van der Waals surface area (Å²) in [4.78, 5) is 13.7. The molecule has 1 atom stereocenters. The summed E-state index contributed by atoms with van der Waals surface area (Å²) in [5.41, 5.74) is 0.774. The number of nitrogens with one attached hydrogen (secondary N) is 1. The molecule has 1 amide bonds. The van der Waals surface area contributed by atoms with E-state index < -0.39 is 0 Å². The second-order valence-corrected chi connectivity index (χ2v) is 4.61. The molecule has 1 aromatic heterocycles.